The Hall–Kier alpha value is -4.02. The normalized spacial score (nSPS) is 21.9. The van der Waals surface area contributed by atoms with Crippen LogP contribution < -0.4 is 25.3 Å². The number of nitrogens with one attached hydrogen (secondary N) is 2. The average molecular weight is 479 g/mol. The number of fused-ring (bicyclic) bond motifs is 2. The molecule has 0 unspecified atom stereocenters. The molecule has 0 spiro atoms. The Morgan fingerprint density at radius 3 is 2.80 bits per heavy atom. The van der Waals surface area contributed by atoms with E-state index in [4.69, 9.17) is 19.9 Å². The van der Waals surface area contributed by atoms with Gasteiger partial charge in [-0.05, 0) is 29.8 Å². The molecule has 10 heteroatoms. The van der Waals surface area contributed by atoms with E-state index in [0.29, 0.717) is 17.2 Å². The molecule has 1 aliphatic carbocycles. The van der Waals surface area contributed by atoms with Crippen LogP contribution in [-0.2, 0) is 16.0 Å². The zero-order valence-electron chi connectivity index (χ0n) is 18.6. The van der Waals surface area contributed by atoms with Gasteiger partial charge in [-0.2, -0.15) is 0 Å². The number of H-pyrrole nitrogens is 1. The van der Waals surface area contributed by atoms with Gasteiger partial charge in [0.1, 0.15) is 24.0 Å². The maximum absolute atomic E-state index is 13.0. The van der Waals surface area contributed by atoms with Crippen LogP contribution in [0.1, 0.15) is 12.0 Å². The molecule has 35 heavy (non-hydrogen) atoms. The third-order valence-corrected chi connectivity index (χ3v) is 6.18. The molecule has 1 aliphatic heterocycles. The van der Waals surface area contributed by atoms with Crippen LogP contribution in [0.5, 0.6) is 17.2 Å². The molecule has 1 aromatic heterocycles. The van der Waals surface area contributed by atoms with E-state index in [1.165, 1.54) is 6.08 Å². The van der Waals surface area contributed by atoms with Gasteiger partial charge in [0.15, 0.2) is 11.5 Å². The SMILES string of the molecule is NC(=O)[C@@H](Cc1c[nH]c2ccccc12)NC(=O)C1=C[C@@H](Oc2ccc3c(c2)OCO3)[C@H](O)[C@H](O)C1. The minimum Gasteiger partial charge on any atom is -0.483 e. The van der Waals surface area contributed by atoms with Gasteiger partial charge < -0.3 is 40.5 Å². The summed E-state index contributed by atoms with van der Waals surface area (Å²) in [6, 6.07) is 11.6. The average Bonchev–Trinajstić information content (AvgIpc) is 3.48. The molecule has 0 fully saturated rings. The van der Waals surface area contributed by atoms with Gasteiger partial charge >= 0.3 is 0 Å². The summed E-state index contributed by atoms with van der Waals surface area (Å²) in [6.07, 6.45) is -0.174. The number of aliphatic hydroxyl groups is 2. The summed E-state index contributed by atoms with van der Waals surface area (Å²) < 4.78 is 16.4. The molecule has 5 rings (SSSR count). The molecule has 182 valence electrons. The monoisotopic (exact) mass is 479 g/mol. The van der Waals surface area contributed by atoms with Gasteiger partial charge in [-0.15, -0.1) is 0 Å². The third kappa shape index (κ3) is 4.66. The summed E-state index contributed by atoms with van der Waals surface area (Å²) in [7, 11) is 0. The van der Waals surface area contributed by atoms with Crippen molar-refractivity contribution in [1.82, 2.24) is 10.3 Å². The highest BCUT2D eigenvalue weighted by Gasteiger charge is 2.35. The fraction of sp³-hybridized carbons (Fsp3) is 0.280. The second kappa shape index (κ2) is 9.32. The fourth-order valence-corrected chi connectivity index (χ4v) is 4.30. The van der Waals surface area contributed by atoms with Crippen molar-refractivity contribution in [1.29, 1.82) is 0 Å². The van der Waals surface area contributed by atoms with E-state index in [2.05, 4.69) is 10.3 Å². The van der Waals surface area contributed by atoms with Crippen molar-refractivity contribution in [2.24, 2.45) is 5.73 Å². The van der Waals surface area contributed by atoms with Crippen molar-refractivity contribution in [2.75, 3.05) is 6.79 Å². The summed E-state index contributed by atoms with van der Waals surface area (Å²) in [4.78, 5) is 28.3. The molecule has 3 aromatic rings. The minimum absolute atomic E-state index is 0.105. The van der Waals surface area contributed by atoms with Crippen LogP contribution in [-0.4, -0.2) is 58.2 Å². The summed E-state index contributed by atoms with van der Waals surface area (Å²) in [5.74, 6) is 0.187. The Balaban J connectivity index is 1.32. The molecule has 2 aliphatic rings. The number of hydrogen-bond donors (Lipinski definition) is 5. The van der Waals surface area contributed by atoms with E-state index in [1.54, 1.807) is 24.4 Å². The van der Waals surface area contributed by atoms with Gasteiger partial charge in [-0.1, -0.05) is 18.2 Å². The number of benzene rings is 2. The van der Waals surface area contributed by atoms with E-state index >= 15 is 0 Å². The highest BCUT2D eigenvalue weighted by atomic mass is 16.7. The Morgan fingerprint density at radius 2 is 1.97 bits per heavy atom. The number of aliphatic hydroxyl groups excluding tert-OH is 2. The van der Waals surface area contributed by atoms with E-state index in [-0.39, 0.29) is 25.2 Å². The second-order valence-corrected chi connectivity index (χ2v) is 8.54. The van der Waals surface area contributed by atoms with Crippen LogP contribution in [0.2, 0.25) is 0 Å². The zero-order chi connectivity index (χ0) is 24.5. The highest BCUT2D eigenvalue weighted by Crippen LogP contribution is 2.36. The first-order valence-electron chi connectivity index (χ1n) is 11.2. The van der Waals surface area contributed by atoms with Crippen LogP contribution in [0.3, 0.4) is 0 Å². The maximum Gasteiger partial charge on any atom is 0.247 e. The van der Waals surface area contributed by atoms with Gasteiger partial charge in [0.05, 0.1) is 6.10 Å². The van der Waals surface area contributed by atoms with Crippen LogP contribution in [0.25, 0.3) is 10.9 Å². The van der Waals surface area contributed by atoms with Crippen molar-refractivity contribution in [2.45, 2.75) is 37.2 Å². The van der Waals surface area contributed by atoms with E-state index in [1.807, 2.05) is 24.3 Å². The number of carbonyl (C=O) groups excluding carboxylic acids is 2. The second-order valence-electron chi connectivity index (χ2n) is 8.54. The van der Waals surface area contributed by atoms with Gasteiger partial charge in [0.2, 0.25) is 18.6 Å². The van der Waals surface area contributed by atoms with Crippen molar-refractivity contribution >= 4 is 22.7 Å². The summed E-state index contributed by atoms with van der Waals surface area (Å²) >= 11 is 0. The van der Waals surface area contributed by atoms with Crippen LogP contribution in [0.4, 0.5) is 0 Å². The number of primary amides is 1. The van der Waals surface area contributed by atoms with E-state index in [0.717, 1.165) is 16.5 Å². The van der Waals surface area contributed by atoms with Crippen LogP contribution in [0.15, 0.2) is 60.3 Å². The lowest BCUT2D eigenvalue weighted by Crippen LogP contribution is -2.49. The Bertz CT molecular complexity index is 1300. The first-order valence-corrected chi connectivity index (χ1v) is 11.2. The van der Waals surface area contributed by atoms with Crippen LogP contribution >= 0.6 is 0 Å². The molecule has 6 N–H and O–H groups in total. The van der Waals surface area contributed by atoms with E-state index < -0.39 is 36.2 Å². The first kappa shape index (κ1) is 22.8. The van der Waals surface area contributed by atoms with Crippen molar-refractivity contribution in [3.8, 4) is 17.2 Å². The minimum atomic E-state index is -1.25. The molecule has 2 heterocycles. The number of aromatic amines is 1. The Morgan fingerprint density at radius 1 is 1.17 bits per heavy atom. The summed E-state index contributed by atoms with van der Waals surface area (Å²) in [5, 5.41) is 24.4. The number of amides is 2. The largest absolute Gasteiger partial charge is 0.483 e. The Labute approximate surface area is 200 Å². The molecular formula is C25H25N3O7. The predicted molar refractivity (Wildman–Crippen MR) is 125 cm³/mol. The van der Waals surface area contributed by atoms with E-state index in [9.17, 15) is 19.8 Å². The topological polar surface area (TPSA) is 156 Å². The number of hydrogen-bond acceptors (Lipinski definition) is 7. The number of ether oxygens (including phenoxy) is 3. The molecular weight excluding hydrogens is 454 g/mol. The van der Waals surface area contributed by atoms with Crippen molar-refractivity contribution in [3.63, 3.8) is 0 Å². The highest BCUT2D eigenvalue weighted by molar-refractivity contribution is 5.97. The standard InChI is InChI=1S/C25H25N3O7/c26-24(31)18(7-14-11-27-17-4-2-1-3-16(14)17)28-25(32)13-8-19(29)23(30)22(9-13)35-15-5-6-20-21(10-15)34-12-33-20/h1-6,9-11,18-19,22-23,27,29-30H,7-8,12H2,(H2,26,31)(H,28,32)/t18-,19-,22-,23-/m1/s1. The fourth-order valence-electron chi connectivity index (χ4n) is 4.30. The lowest BCUT2D eigenvalue weighted by atomic mass is 9.91. The predicted octanol–water partition coefficient (Wildman–Crippen LogP) is 0.909. The molecule has 4 atom stereocenters. The lowest BCUT2D eigenvalue weighted by Gasteiger charge is -2.31. The van der Waals surface area contributed by atoms with Crippen molar-refractivity contribution < 1.29 is 34.0 Å². The van der Waals surface area contributed by atoms with Gasteiger partial charge in [-0.3, -0.25) is 9.59 Å². The number of nitrogens with two attached hydrogens (primary N) is 1. The van der Waals surface area contributed by atoms with Gasteiger partial charge in [0.25, 0.3) is 0 Å². The van der Waals surface area contributed by atoms with Gasteiger partial charge in [-0.25, -0.2) is 0 Å². The molecule has 2 amide bonds. The molecule has 0 radical (unpaired) electrons. The molecule has 0 saturated heterocycles. The zero-order valence-corrected chi connectivity index (χ0v) is 18.6. The lowest BCUT2D eigenvalue weighted by molar-refractivity contribution is -0.126. The first-order chi connectivity index (χ1) is 16.9. The Kier molecular flexibility index (Phi) is 6.06. The molecule has 10 nitrogen and oxygen atoms in total. The van der Waals surface area contributed by atoms with Gasteiger partial charge in [0, 0.05) is 41.6 Å². The summed E-state index contributed by atoms with van der Waals surface area (Å²) in [5.41, 5.74) is 7.50. The van der Waals surface area contributed by atoms with Crippen LogP contribution in [0, 0.1) is 0 Å². The quantitative estimate of drug-likeness (QED) is 0.337. The molecule has 0 saturated carbocycles. The smallest absolute Gasteiger partial charge is 0.247 e. The number of rotatable bonds is 7. The molecule has 0 bridgehead atoms. The summed E-state index contributed by atoms with van der Waals surface area (Å²) in [6.45, 7) is 0.105. The number of aromatic nitrogens is 1. The molecule has 2 aromatic carbocycles. The van der Waals surface area contributed by atoms with Crippen molar-refractivity contribution in [3.05, 3.63) is 65.9 Å². The third-order valence-electron chi connectivity index (χ3n) is 6.18. The number of carbonyl (C=O) groups is 2. The number of para-hydroxylation sites is 1. The maximum atomic E-state index is 13.0.